The van der Waals surface area contributed by atoms with Crippen molar-refractivity contribution in [2.45, 2.75) is 12.5 Å². The molecule has 0 saturated carbocycles. The van der Waals surface area contributed by atoms with E-state index in [9.17, 15) is 14.7 Å². The van der Waals surface area contributed by atoms with Gasteiger partial charge in [-0.05, 0) is 36.2 Å². The summed E-state index contributed by atoms with van der Waals surface area (Å²) < 4.78 is 11.7. The number of methoxy groups -OCH3 is 1. The summed E-state index contributed by atoms with van der Waals surface area (Å²) in [6.45, 7) is 0.804. The van der Waals surface area contributed by atoms with Crippen molar-refractivity contribution in [1.82, 2.24) is 4.90 Å². The zero-order valence-electron chi connectivity index (χ0n) is 16.3. The Balaban J connectivity index is 1.76. The number of rotatable bonds is 7. The maximum absolute atomic E-state index is 13.4. The molecule has 0 fully saturated rings. The van der Waals surface area contributed by atoms with E-state index in [2.05, 4.69) is 15.9 Å². The molecule has 154 valence electrons. The normalized spacial score (nSPS) is 16.7. The average molecular weight is 470 g/mol. The monoisotopic (exact) mass is 469 g/mol. The zero-order valence-corrected chi connectivity index (χ0v) is 17.9. The number of fused-ring (bicyclic) bond motifs is 1. The lowest BCUT2D eigenvalue weighted by molar-refractivity contribution is -0.129. The molecule has 0 spiro atoms. The predicted molar refractivity (Wildman–Crippen MR) is 115 cm³/mol. The van der Waals surface area contributed by atoms with E-state index >= 15 is 0 Å². The van der Waals surface area contributed by atoms with Gasteiger partial charge in [-0.15, -0.1) is 0 Å². The molecule has 0 bridgehead atoms. The standard InChI is InChI=1S/C23H20BrNO5/c1-29-12-4-11-25-20(14-7-9-16(24)10-8-14)19(22(27)23(25)28)21(26)18-13-15-5-2-3-6-17(15)30-18/h2-3,5-10,13,20,27H,4,11-12H2,1H3. The number of Topliss-reactive ketones (excluding diaryl/α,β-unsaturated/α-hetero) is 1. The van der Waals surface area contributed by atoms with Crippen LogP contribution in [0.1, 0.15) is 28.6 Å². The Kier molecular flexibility index (Phi) is 5.74. The fourth-order valence-corrected chi connectivity index (χ4v) is 3.98. The third-order valence-corrected chi connectivity index (χ3v) is 5.66. The molecule has 0 radical (unpaired) electrons. The molecule has 0 aliphatic carbocycles. The van der Waals surface area contributed by atoms with Gasteiger partial charge in [-0.2, -0.15) is 0 Å². The van der Waals surface area contributed by atoms with Crippen LogP contribution in [-0.4, -0.2) is 42.0 Å². The second kappa shape index (κ2) is 8.45. The molecule has 7 heteroatoms. The van der Waals surface area contributed by atoms with Gasteiger partial charge in [0.1, 0.15) is 5.58 Å². The summed E-state index contributed by atoms with van der Waals surface area (Å²) >= 11 is 3.40. The highest BCUT2D eigenvalue weighted by molar-refractivity contribution is 9.10. The number of amides is 1. The Morgan fingerprint density at radius 3 is 2.63 bits per heavy atom. The van der Waals surface area contributed by atoms with Crippen molar-refractivity contribution in [3.63, 3.8) is 0 Å². The van der Waals surface area contributed by atoms with Crippen LogP contribution in [0.5, 0.6) is 0 Å². The summed E-state index contributed by atoms with van der Waals surface area (Å²) in [5.74, 6) is -1.52. The summed E-state index contributed by atoms with van der Waals surface area (Å²) in [5, 5.41) is 11.4. The lowest BCUT2D eigenvalue weighted by Gasteiger charge is -2.26. The molecule has 30 heavy (non-hydrogen) atoms. The number of aliphatic hydroxyl groups excluding tert-OH is 1. The van der Waals surface area contributed by atoms with Gasteiger partial charge in [0.2, 0.25) is 5.78 Å². The molecule has 6 nitrogen and oxygen atoms in total. The molecule has 2 heterocycles. The van der Waals surface area contributed by atoms with Crippen LogP contribution >= 0.6 is 15.9 Å². The quantitative estimate of drug-likeness (QED) is 0.396. The first-order valence-electron chi connectivity index (χ1n) is 9.53. The Bertz CT molecular complexity index is 1100. The number of hydrogen-bond acceptors (Lipinski definition) is 5. The molecule has 1 amide bonds. The summed E-state index contributed by atoms with van der Waals surface area (Å²) in [6.07, 6.45) is 0.578. The predicted octanol–water partition coefficient (Wildman–Crippen LogP) is 4.81. The zero-order chi connectivity index (χ0) is 21.3. The van der Waals surface area contributed by atoms with Gasteiger partial charge >= 0.3 is 0 Å². The number of halogens is 1. The minimum atomic E-state index is -0.705. The van der Waals surface area contributed by atoms with Gasteiger partial charge in [0.15, 0.2) is 11.5 Å². The first-order chi connectivity index (χ1) is 14.5. The molecule has 3 aromatic rings. The second-order valence-corrected chi connectivity index (χ2v) is 7.95. The molecule has 1 unspecified atom stereocenters. The van der Waals surface area contributed by atoms with Gasteiger partial charge in [0.25, 0.3) is 5.91 Å². The van der Waals surface area contributed by atoms with Gasteiger partial charge in [-0.3, -0.25) is 9.59 Å². The number of carbonyl (C=O) groups is 2. The van der Waals surface area contributed by atoms with Crippen LogP contribution in [0.4, 0.5) is 0 Å². The van der Waals surface area contributed by atoms with E-state index in [0.717, 1.165) is 15.4 Å². The molecule has 1 aliphatic rings. The number of furan rings is 1. The van der Waals surface area contributed by atoms with Crippen LogP contribution in [0, 0.1) is 0 Å². The number of benzene rings is 2. The van der Waals surface area contributed by atoms with Crippen molar-refractivity contribution in [3.05, 3.63) is 81.7 Å². The first-order valence-corrected chi connectivity index (χ1v) is 10.3. The molecule has 1 aliphatic heterocycles. The molecule has 1 atom stereocenters. The Morgan fingerprint density at radius 1 is 1.20 bits per heavy atom. The number of nitrogens with zero attached hydrogens (tertiary/aromatic N) is 1. The average Bonchev–Trinajstić information content (AvgIpc) is 3.29. The van der Waals surface area contributed by atoms with Crippen LogP contribution < -0.4 is 0 Å². The highest BCUT2D eigenvalue weighted by atomic mass is 79.9. The van der Waals surface area contributed by atoms with Gasteiger partial charge in [0, 0.05) is 30.1 Å². The number of ketones is 1. The Morgan fingerprint density at radius 2 is 1.93 bits per heavy atom. The van der Waals surface area contributed by atoms with E-state index in [4.69, 9.17) is 9.15 Å². The number of hydrogen-bond donors (Lipinski definition) is 1. The van der Waals surface area contributed by atoms with E-state index < -0.39 is 23.5 Å². The van der Waals surface area contributed by atoms with Crippen molar-refractivity contribution < 1.29 is 23.8 Å². The minimum Gasteiger partial charge on any atom is -0.503 e. The lowest BCUT2D eigenvalue weighted by Crippen LogP contribution is -2.32. The SMILES string of the molecule is COCCCN1C(=O)C(O)=C(C(=O)c2cc3ccccc3o2)C1c1ccc(Br)cc1. The van der Waals surface area contributed by atoms with E-state index in [1.807, 2.05) is 42.5 Å². The summed E-state index contributed by atoms with van der Waals surface area (Å²) in [4.78, 5) is 27.7. The maximum atomic E-state index is 13.4. The Labute approximate surface area is 181 Å². The minimum absolute atomic E-state index is 0.0267. The van der Waals surface area contributed by atoms with Crippen LogP contribution in [0.15, 0.2) is 74.8 Å². The maximum Gasteiger partial charge on any atom is 0.290 e. The van der Waals surface area contributed by atoms with Crippen LogP contribution in [0.3, 0.4) is 0 Å². The summed E-state index contributed by atoms with van der Waals surface area (Å²) in [6, 6.07) is 15.5. The third-order valence-electron chi connectivity index (χ3n) is 5.13. The first kappa shape index (κ1) is 20.4. The topological polar surface area (TPSA) is 80.0 Å². The smallest absolute Gasteiger partial charge is 0.290 e. The van der Waals surface area contributed by atoms with E-state index in [1.54, 1.807) is 19.2 Å². The Hall–Kier alpha value is -2.90. The van der Waals surface area contributed by atoms with Crippen LogP contribution in [0.25, 0.3) is 11.0 Å². The number of aliphatic hydroxyl groups is 1. The van der Waals surface area contributed by atoms with E-state index in [1.165, 1.54) is 4.90 Å². The van der Waals surface area contributed by atoms with Gasteiger partial charge in [-0.1, -0.05) is 46.3 Å². The highest BCUT2D eigenvalue weighted by Gasteiger charge is 2.44. The molecule has 1 N–H and O–H groups in total. The lowest BCUT2D eigenvalue weighted by atomic mass is 9.95. The van der Waals surface area contributed by atoms with Gasteiger partial charge in [0.05, 0.1) is 11.6 Å². The van der Waals surface area contributed by atoms with Gasteiger partial charge < -0.3 is 19.2 Å². The molecule has 0 saturated heterocycles. The highest BCUT2D eigenvalue weighted by Crippen LogP contribution is 2.40. The summed E-state index contributed by atoms with van der Waals surface area (Å²) in [7, 11) is 1.59. The molecular weight excluding hydrogens is 450 g/mol. The van der Waals surface area contributed by atoms with Crippen molar-refractivity contribution in [3.8, 4) is 0 Å². The fraction of sp³-hybridized carbons (Fsp3) is 0.217. The molecule has 2 aromatic carbocycles. The fourth-order valence-electron chi connectivity index (χ4n) is 3.71. The molecular formula is C23H20BrNO5. The van der Waals surface area contributed by atoms with Crippen LogP contribution in [0.2, 0.25) is 0 Å². The van der Waals surface area contributed by atoms with Crippen molar-refractivity contribution in [2.75, 3.05) is 20.3 Å². The van der Waals surface area contributed by atoms with Crippen molar-refractivity contribution in [1.29, 1.82) is 0 Å². The van der Waals surface area contributed by atoms with Crippen molar-refractivity contribution >= 4 is 38.6 Å². The largest absolute Gasteiger partial charge is 0.503 e. The number of ether oxygens (including phenoxy) is 1. The number of para-hydroxylation sites is 1. The second-order valence-electron chi connectivity index (χ2n) is 7.04. The van der Waals surface area contributed by atoms with E-state index in [-0.39, 0.29) is 11.3 Å². The van der Waals surface area contributed by atoms with Crippen LogP contribution in [-0.2, 0) is 9.53 Å². The van der Waals surface area contributed by atoms with E-state index in [0.29, 0.717) is 25.2 Å². The molecule has 1 aromatic heterocycles. The third kappa shape index (κ3) is 3.66. The summed E-state index contributed by atoms with van der Waals surface area (Å²) in [5.41, 5.74) is 1.33. The number of carbonyl (C=O) groups excluding carboxylic acids is 2. The van der Waals surface area contributed by atoms with Crippen molar-refractivity contribution in [2.24, 2.45) is 0 Å². The molecule has 4 rings (SSSR count). The van der Waals surface area contributed by atoms with Gasteiger partial charge in [-0.25, -0.2) is 0 Å².